The van der Waals surface area contributed by atoms with Crippen LogP contribution in [0.4, 0.5) is 0 Å². The molecule has 3 heterocycles. The van der Waals surface area contributed by atoms with E-state index in [1.807, 2.05) is 48.5 Å². The first kappa shape index (κ1) is 18.7. The fraction of sp³-hybridized carbons (Fsp3) is 0. The summed E-state index contributed by atoms with van der Waals surface area (Å²) >= 11 is 0. The summed E-state index contributed by atoms with van der Waals surface area (Å²) in [6.45, 7) is 0. The Morgan fingerprint density at radius 3 is 2.35 bits per heavy atom. The van der Waals surface area contributed by atoms with E-state index in [2.05, 4.69) is 64.2 Å². The Kier molecular flexibility index (Phi) is 3.88. The number of furan rings is 1. The third-order valence-electron chi connectivity index (χ3n) is 6.53. The van der Waals surface area contributed by atoms with Crippen molar-refractivity contribution >= 4 is 43.7 Å². The monoisotopic (exact) mass is 435 g/mol. The third-order valence-corrected chi connectivity index (χ3v) is 6.53. The van der Waals surface area contributed by atoms with Crippen LogP contribution in [-0.4, -0.2) is 9.55 Å². The van der Waals surface area contributed by atoms with Gasteiger partial charge in [-0.3, -0.25) is 0 Å². The summed E-state index contributed by atoms with van der Waals surface area (Å²) < 4.78 is 8.67. The number of fused-ring (bicyclic) bond motifs is 7. The maximum absolute atomic E-state index is 9.70. The lowest BCUT2D eigenvalue weighted by Crippen LogP contribution is -1.98. The molecule has 0 atom stereocenters. The van der Waals surface area contributed by atoms with Gasteiger partial charge < -0.3 is 8.98 Å². The zero-order chi connectivity index (χ0) is 22.6. The first-order chi connectivity index (χ1) is 16.8. The molecule has 4 nitrogen and oxygen atoms in total. The van der Waals surface area contributed by atoms with E-state index in [-0.39, 0.29) is 0 Å². The molecule has 158 valence electrons. The molecule has 34 heavy (non-hydrogen) atoms. The molecule has 0 unspecified atom stereocenters. The van der Waals surface area contributed by atoms with Crippen molar-refractivity contribution < 1.29 is 4.42 Å². The minimum Gasteiger partial charge on any atom is -0.455 e. The van der Waals surface area contributed by atoms with Crippen LogP contribution in [0.15, 0.2) is 108 Å². The van der Waals surface area contributed by atoms with Crippen molar-refractivity contribution in [3.05, 3.63) is 109 Å². The Labute approximate surface area is 194 Å². The van der Waals surface area contributed by atoms with Crippen molar-refractivity contribution in [2.75, 3.05) is 0 Å². The van der Waals surface area contributed by atoms with Gasteiger partial charge in [0.25, 0.3) is 0 Å². The molecular formula is C30H17N3O. The Hall–Kier alpha value is -4.88. The molecule has 0 saturated heterocycles. The Bertz CT molecular complexity index is 1930. The van der Waals surface area contributed by atoms with Crippen LogP contribution in [-0.2, 0) is 0 Å². The number of nitriles is 1. The lowest BCUT2D eigenvalue weighted by Gasteiger charge is -2.14. The van der Waals surface area contributed by atoms with E-state index in [0.717, 1.165) is 60.6 Å². The van der Waals surface area contributed by atoms with E-state index in [1.54, 1.807) is 6.20 Å². The van der Waals surface area contributed by atoms with Crippen molar-refractivity contribution in [2.45, 2.75) is 0 Å². The smallest absolute Gasteiger partial charge is 0.148 e. The van der Waals surface area contributed by atoms with E-state index >= 15 is 0 Å². The van der Waals surface area contributed by atoms with Crippen molar-refractivity contribution in [3.63, 3.8) is 0 Å². The summed E-state index contributed by atoms with van der Waals surface area (Å²) in [6, 6.07) is 35.1. The molecule has 7 rings (SSSR count). The number of nitrogens with zero attached hydrogens (tertiary/aromatic N) is 3. The predicted molar refractivity (Wildman–Crippen MR) is 136 cm³/mol. The number of hydrogen-bond donors (Lipinski definition) is 0. The molecule has 3 aromatic heterocycles. The number of rotatable bonds is 2. The van der Waals surface area contributed by atoms with Gasteiger partial charge in [-0.05, 0) is 42.5 Å². The van der Waals surface area contributed by atoms with Crippen LogP contribution in [0.5, 0.6) is 0 Å². The van der Waals surface area contributed by atoms with Gasteiger partial charge >= 0.3 is 0 Å². The maximum Gasteiger partial charge on any atom is 0.148 e. The van der Waals surface area contributed by atoms with E-state index < -0.39 is 0 Å². The fourth-order valence-corrected chi connectivity index (χ4v) is 5.10. The van der Waals surface area contributed by atoms with Crippen LogP contribution in [0.2, 0.25) is 0 Å². The highest BCUT2D eigenvalue weighted by atomic mass is 16.3. The summed E-state index contributed by atoms with van der Waals surface area (Å²) in [4.78, 5) is 4.30. The molecule has 7 aromatic rings. The quantitative estimate of drug-likeness (QED) is 0.281. The van der Waals surface area contributed by atoms with E-state index in [1.165, 1.54) is 0 Å². The molecule has 0 fully saturated rings. The highest BCUT2D eigenvalue weighted by Gasteiger charge is 2.20. The molecular weight excluding hydrogens is 418 g/mol. The second-order valence-electron chi connectivity index (χ2n) is 8.32. The SMILES string of the molecule is N#Cc1ncccc1-c1ccccc1-n1c2ccccc2c2c3oc4ccccc4c3ccc21. The van der Waals surface area contributed by atoms with E-state index in [9.17, 15) is 5.26 Å². The van der Waals surface area contributed by atoms with Gasteiger partial charge in [0.15, 0.2) is 0 Å². The van der Waals surface area contributed by atoms with Gasteiger partial charge in [-0.15, -0.1) is 0 Å². The lowest BCUT2D eigenvalue weighted by atomic mass is 10.0. The van der Waals surface area contributed by atoms with Crippen LogP contribution in [0.3, 0.4) is 0 Å². The summed E-state index contributed by atoms with van der Waals surface area (Å²) in [5, 5.41) is 14.1. The number of benzene rings is 4. The topological polar surface area (TPSA) is 54.8 Å². The summed E-state index contributed by atoms with van der Waals surface area (Å²) in [7, 11) is 0. The second kappa shape index (κ2) is 7.06. The number of pyridine rings is 1. The molecule has 0 radical (unpaired) electrons. The summed E-state index contributed by atoms with van der Waals surface area (Å²) in [5.74, 6) is 0. The molecule has 0 aliphatic carbocycles. The molecule has 0 aliphatic rings. The lowest BCUT2D eigenvalue weighted by molar-refractivity contribution is 0.673. The Balaban J connectivity index is 1.65. The van der Waals surface area contributed by atoms with Crippen molar-refractivity contribution in [2.24, 2.45) is 0 Å². The first-order valence-corrected chi connectivity index (χ1v) is 11.1. The molecule has 0 bridgehead atoms. The molecule has 0 spiro atoms. The molecule has 0 aliphatic heterocycles. The van der Waals surface area contributed by atoms with Gasteiger partial charge in [0.05, 0.1) is 22.1 Å². The molecule has 0 saturated carbocycles. The van der Waals surface area contributed by atoms with Gasteiger partial charge in [-0.2, -0.15) is 5.26 Å². The Morgan fingerprint density at radius 2 is 1.44 bits per heavy atom. The third kappa shape index (κ3) is 2.49. The van der Waals surface area contributed by atoms with Crippen LogP contribution in [0.25, 0.3) is 60.6 Å². The summed E-state index contributed by atoms with van der Waals surface area (Å²) in [6.07, 6.45) is 1.66. The summed E-state index contributed by atoms with van der Waals surface area (Å²) in [5.41, 5.74) is 7.10. The first-order valence-electron chi connectivity index (χ1n) is 11.1. The number of aromatic nitrogens is 2. The minimum atomic E-state index is 0.412. The fourth-order valence-electron chi connectivity index (χ4n) is 5.10. The van der Waals surface area contributed by atoms with Crippen LogP contribution >= 0.6 is 0 Å². The number of para-hydroxylation sites is 3. The van der Waals surface area contributed by atoms with Crippen LogP contribution < -0.4 is 0 Å². The van der Waals surface area contributed by atoms with Crippen molar-refractivity contribution in [1.82, 2.24) is 9.55 Å². The zero-order valence-corrected chi connectivity index (χ0v) is 18.1. The van der Waals surface area contributed by atoms with Crippen LogP contribution in [0.1, 0.15) is 5.69 Å². The highest BCUT2D eigenvalue weighted by Crippen LogP contribution is 2.41. The van der Waals surface area contributed by atoms with Gasteiger partial charge in [0.1, 0.15) is 22.9 Å². The molecule has 4 aromatic carbocycles. The van der Waals surface area contributed by atoms with Gasteiger partial charge in [-0.25, -0.2) is 4.98 Å². The normalized spacial score (nSPS) is 11.5. The van der Waals surface area contributed by atoms with E-state index in [0.29, 0.717) is 5.69 Å². The van der Waals surface area contributed by atoms with Gasteiger partial charge in [0, 0.05) is 33.5 Å². The average Bonchev–Trinajstić information content (AvgIpc) is 3.44. The Morgan fingerprint density at radius 1 is 0.676 bits per heavy atom. The number of hydrogen-bond acceptors (Lipinski definition) is 3. The predicted octanol–water partition coefficient (Wildman–Crippen LogP) is 7.62. The van der Waals surface area contributed by atoms with Crippen molar-refractivity contribution in [1.29, 1.82) is 5.26 Å². The minimum absolute atomic E-state index is 0.412. The highest BCUT2D eigenvalue weighted by molar-refractivity contribution is 6.24. The van der Waals surface area contributed by atoms with Gasteiger partial charge in [0.2, 0.25) is 0 Å². The largest absolute Gasteiger partial charge is 0.455 e. The molecule has 4 heteroatoms. The van der Waals surface area contributed by atoms with E-state index in [4.69, 9.17) is 4.42 Å². The second-order valence-corrected chi connectivity index (χ2v) is 8.32. The zero-order valence-electron chi connectivity index (χ0n) is 18.1. The maximum atomic E-state index is 9.70. The van der Waals surface area contributed by atoms with Crippen LogP contribution in [0, 0.1) is 11.3 Å². The van der Waals surface area contributed by atoms with Gasteiger partial charge in [-0.1, -0.05) is 54.6 Å². The molecule has 0 N–H and O–H groups in total. The average molecular weight is 435 g/mol. The van der Waals surface area contributed by atoms with Crippen molar-refractivity contribution in [3.8, 4) is 22.9 Å². The standard InChI is InChI=1S/C30H17N3O/c31-18-24-19(11-7-17-32-24)20-8-1-4-12-25(20)33-26-13-5-2-10-23(26)29-27(33)16-15-22-21-9-3-6-14-28(21)34-30(22)29/h1-17H. The molecule has 0 amide bonds.